The van der Waals surface area contributed by atoms with Crippen molar-refractivity contribution >= 4 is 23.1 Å². The van der Waals surface area contributed by atoms with Crippen molar-refractivity contribution in [1.29, 1.82) is 0 Å². The van der Waals surface area contributed by atoms with Gasteiger partial charge in [-0.25, -0.2) is 4.98 Å². The molecule has 0 spiro atoms. The normalized spacial score (nSPS) is 17.6. The number of benzene rings is 2. The van der Waals surface area contributed by atoms with Gasteiger partial charge in [-0.1, -0.05) is 42.5 Å². The summed E-state index contributed by atoms with van der Waals surface area (Å²) in [5, 5.41) is 17.9. The van der Waals surface area contributed by atoms with E-state index in [9.17, 15) is 14.9 Å². The summed E-state index contributed by atoms with van der Waals surface area (Å²) in [6.45, 7) is 0.544. The van der Waals surface area contributed by atoms with Crippen molar-refractivity contribution in [3.63, 3.8) is 0 Å². The maximum absolute atomic E-state index is 13.0. The first-order chi connectivity index (χ1) is 17.5. The first kappa shape index (κ1) is 23.5. The van der Waals surface area contributed by atoms with Crippen LogP contribution in [-0.2, 0) is 6.54 Å². The van der Waals surface area contributed by atoms with Crippen LogP contribution in [0, 0.1) is 10.1 Å². The number of non-ortho nitro benzene ring substituents is 1. The van der Waals surface area contributed by atoms with E-state index < -0.39 is 4.92 Å². The molecular weight excluding hydrogens is 456 g/mol. The van der Waals surface area contributed by atoms with Gasteiger partial charge in [-0.05, 0) is 43.4 Å². The number of pyridine rings is 1. The number of carbonyl (C=O) groups is 1. The second kappa shape index (κ2) is 10.2. The minimum atomic E-state index is -0.420. The van der Waals surface area contributed by atoms with Gasteiger partial charge in [0.1, 0.15) is 17.2 Å². The number of hydrogen-bond donors (Lipinski definition) is 3. The van der Waals surface area contributed by atoms with E-state index in [-0.39, 0.29) is 23.7 Å². The summed E-state index contributed by atoms with van der Waals surface area (Å²) >= 11 is 0. The molecule has 36 heavy (non-hydrogen) atoms. The Hall–Kier alpha value is -4.24. The lowest BCUT2D eigenvalue weighted by molar-refractivity contribution is -0.384. The van der Waals surface area contributed by atoms with E-state index in [4.69, 9.17) is 10.7 Å². The van der Waals surface area contributed by atoms with Crippen molar-refractivity contribution in [1.82, 2.24) is 14.7 Å². The van der Waals surface area contributed by atoms with Crippen molar-refractivity contribution in [3.05, 3.63) is 94.2 Å². The molecule has 0 radical (unpaired) electrons. The minimum Gasteiger partial charge on any atom is -0.365 e. The number of nitrogens with zero attached hydrogens (tertiary/aromatic N) is 3. The van der Waals surface area contributed by atoms with Gasteiger partial charge in [-0.2, -0.15) is 0 Å². The summed E-state index contributed by atoms with van der Waals surface area (Å²) in [5.41, 5.74) is 9.35. The maximum atomic E-state index is 13.0. The van der Waals surface area contributed by atoms with Crippen molar-refractivity contribution in [2.24, 2.45) is 5.73 Å². The van der Waals surface area contributed by atoms with E-state index in [1.54, 1.807) is 24.3 Å². The number of nitrogens with two attached hydrogens (primary N) is 1. The number of imidazole rings is 1. The highest BCUT2D eigenvalue weighted by atomic mass is 16.6. The molecule has 184 valence electrons. The Morgan fingerprint density at radius 3 is 2.58 bits per heavy atom. The Bertz CT molecular complexity index is 1390. The van der Waals surface area contributed by atoms with Gasteiger partial charge in [0.05, 0.1) is 4.92 Å². The standard InChI is InChI=1S/C27H28N6O3/c28-21-9-11-22(12-10-21)30-27(34)20-13-14-32-24(16-20)31-25(19-7-4-8-23(15-19)33(35)36)26(32)29-17-18-5-2-1-3-6-18/h1-8,13-16,21-22,29H,9-12,17,28H2,(H,30,34). The molecule has 1 fully saturated rings. The lowest BCUT2D eigenvalue weighted by Gasteiger charge is -2.26. The van der Waals surface area contributed by atoms with Crippen molar-refractivity contribution < 1.29 is 9.72 Å². The Morgan fingerprint density at radius 1 is 1.06 bits per heavy atom. The maximum Gasteiger partial charge on any atom is 0.270 e. The van der Waals surface area contributed by atoms with Crippen LogP contribution >= 0.6 is 0 Å². The highest BCUT2D eigenvalue weighted by molar-refractivity contribution is 5.95. The minimum absolute atomic E-state index is 0.00849. The molecule has 0 bridgehead atoms. The fourth-order valence-corrected chi connectivity index (χ4v) is 4.64. The molecule has 4 N–H and O–H groups in total. The van der Waals surface area contributed by atoms with Crippen LogP contribution in [-0.4, -0.2) is 32.3 Å². The van der Waals surface area contributed by atoms with Gasteiger partial charge in [0.2, 0.25) is 0 Å². The number of fused-ring (bicyclic) bond motifs is 1. The topological polar surface area (TPSA) is 128 Å². The third-order valence-corrected chi connectivity index (χ3v) is 6.63. The Labute approximate surface area is 208 Å². The van der Waals surface area contributed by atoms with Crippen molar-refractivity contribution in [3.8, 4) is 11.3 Å². The molecule has 9 nitrogen and oxygen atoms in total. The molecule has 2 aromatic carbocycles. The zero-order chi connectivity index (χ0) is 25.1. The molecule has 4 aromatic rings. The van der Waals surface area contributed by atoms with E-state index in [0.29, 0.717) is 34.8 Å². The Balaban J connectivity index is 1.48. The molecule has 9 heteroatoms. The fourth-order valence-electron chi connectivity index (χ4n) is 4.64. The average molecular weight is 485 g/mol. The highest BCUT2D eigenvalue weighted by Crippen LogP contribution is 2.31. The molecular formula is C27H28N6O3. The van der Waals surface area contributed by atoms with Crippen LogP contribution in [0.3, 0.4) is 0 Å². The van der Waals surface area contributed by atoms with Gasteiger partial charge in [0.15, 0.2) is 0 Å². The number of nitro groups is 1. The SMILES string of the molecule is NC1CCC(NC(=O)c2ccn3c(NCc4ccccc4)c(-c4cccc([N+](=O)[O-])c4)nc3c2)CC1. The smallest absolute Gasteiger partial charge is 0.270 e. The number of amides is 1. The van der Waals surface area contributed by atoms with Gasteiger partial charge < -0.3 is 16.4 Å². The largest absolute Gasteiger partial charge is 0.365 e. The molecule has 0 aliphatic heterocycles. The number of carbonyl (C=O) groups excluding carboxylic acids is 1. The van der Waals surface area contributed by atoms with Crippen LogP contribution < -0.4 is 16.4 Å². The Kier molecular flexibility index (Phi) is 6.64. The number of anilines is 1. The van der Waals surface area contributed by atoms with Crippen molar-refractivity contribution in [2.45, 2.75) is 44.3 Å². The third kappa shape index (κ3) is 5.06. The summed E-state index contributed by atoms with van der Waals surface area (Å²) < 4.78 is 1.87. The number of aromatic nitrogens is 2. The van der Waals surface area contributed by atoms with Crippen LogP contribution in [0.5, 0.6) is 0 Å². The first-order valence-corrected chi connectivity index (χ1v) is 12.1. The molecule has 2 heterocycles. The van der Waals surface area contributed by atoms with E-state index in [2.05, 4.69) is 10.6 Å². The zero-order valence-corrected chi connectivity index (χ0v) is 19.8. The van der Waals surface area contributed by atoms with Crippen LogP contribution in [0.1, 0.15) is 41.6 Å². The van der Waals surface area contributed by atoms with Gasteiger partial charge >= 0.3 is 0 Å². The monoisotopic (exact) mass is 484 g/mol. The molecule has 1 aliphatic carbocycles. The fraction of sp³-hybridized carbons (Fsp3) is 0.259. The summed E-state index contributed by atoms with van der Waals surface area (Å²) in [4.78, 5) is 28.7. The number of nitro benzene ring substituents is 1. The lowest BCUT2D eigenvalue weighted by Crippen LogP contribution is -2.40. The molecule has 0 saturated heterocycles. The lowest BCUT2D eigenvalue weighted by atomic mass is 9.91. The van der Waals surface area contributed by atoms with Gasteiger partial charge in [0, 0.05) is 48.1 Å². The van der Waals surface area contributed by atoms with Gasteiger partial charge in [0.25, 0.3) is 11.6 Å². The van der Waals surface area contributed by atoms with E-state index in [0.717, 1.165) is 31.2 Å². The summed E-state index contributed by atoms with van der Waals surface area (Å²) in [6, 6.07) is 20.2. The third-order valence-electron chi connectivity index (χ3n) is 6.63. The number of rotatable bonds is 7. The second-order valence-electron chi connectivity index (χ2n) is 9.18. The van der Waals surface area contributed by atoms with E-state index >= 15 is 0 Å². The molecule has 2 aromatic heterocycles. The van der Waals surface area contributed by atoms with Gasteiger partial charge in [-0.3, -0.25) is 19.3 Å². The summed E-state index contributed by atoms with van der Waals surface area (Å²) in [5.74, 6) is 0.555. The molecule has 5 rings (SSSR count). The Morgan fingerprint density at radius 2 is 1.83 bits per heavy atom. The summed E-state index contributed by atoms with van der Waals surface area (Å²) in [6.07, 6.45) is 5.38. The molecule has 1 aliphatic rings. The summed E-state index contributed by atoms with van der Waals surface area (Å²) in [7, 11) is 0. The van der Waals surface area contributed by atoms with Crippen molar-refractivity contribution in [2.75, 3.05) is 5.32 Å². The number of hydrogen-bond acceptors (Lipinski definition) is 6. The van der Waals surface area contributed by atoms with E-state index in [1.807, 2.05) is 40.9 Å². The van der Waals surface area contributed by atoms with Gasteiger partial charge in [-0.15, -0.1) is 0 Å². The predicted molar refractivity (Wildman–Crippen MR) is 139 cm³/mol. The van der Waals surface area contributed by atoms with Crippen LogP contribution in [0.25, 0.3) is 16.9 Å². The molecule has 1 amide bonds. The number of nitrogens with one attached hydrogen (secondary N) is 2. The predicted octanol–water partition coefficient (Wildman–Crippen LogP) is 4.52. The zero-order valence-electron chi connectivity index (χ0n) is 19.8. The van der Waals surface area contributed by atoms with Crippen LogP contribution in [0.4, 0.5) is 11.5 Å². The quantitative estimate of drug-likeness (QED) is 0.261. The van der Waals surface area contributed by atoms with Crippen LogP contribution in [0.15, 0.2) is 72.9 Å². The molecule has 0 atom stereocenters. The first-order valence-electron chi connectivity index (χ1n) is 12.1. The van der Waals surface area contributed by atoms with E-state index in [1.165, 1.54) is 12.1 Å². The average Bonchev–Trinajstić information content (AvgIpc) is 3.27. The second-order valence-corrected chi connectivity index (χ2v) is 9.18. The molecule has 1 saturated carbocycles. The van der Waals surface area contributed by atoms with Crippen LogP contribution in [0.2, 0.25) is 0 Å². The highest BCUT2D eigenvalue weighted by Gasteiger charge is 2.22. The molecule has 0 unspecified atom stereocenters.